The molecule has 1 amide bonds. The summed E-state index contributed by atoms with van der Waals surface area (Å²) in [5.41, 5.74) is 4.41. The van der Waals surface area contributed by atoms with Crippen molar-refractivity contribution in [3.63, 3.8) is 0 Å². The molecule has 6 heterocycles. The van der Waals surface area contributed by atoms with E-state index in [4.69, 9.17) is 9.47 Å². The first-order valence-electron chi connectivity index (χ1n) is 12.8. The highest BCUT2D eigenvalue weighted by molar-refractivity contribution is 5.94. The van der Waals surface area contributed by atoms with Crippen LogP contribution in [0.1, 0.15) is 28.9 Å². The summed E-state index contributed by atoms with van der Waals surface area (Å²) in [7, 11) is 3.79. The zero-order chi connectivity index (χ0) is 26.2. The Morgan fingerprint density at radius 2 is 1.89 bits per heavy atom. The van der Waals surface area contributed by atoms with Crippen LogP contribution in [0, 0.1) is 6.92 Å². The van der Waals surface area contributed by atoms with Crippen molar-refractivity contribution in [2.75, 3.05) is 32.6 Å². The number of aromatic nitrogens is 4. The molecule has 0 saturated carbocycles. The molecule has 0 aliphatic carbocycles. The van der Waals surface area contributed by atoms with Gasteiger partial charge in [-0.15, -0.1) is 0 Å². The molecule has 0 aromatic carbocycles. The van der Waals surface area contributed by atoms with Gasteiger partial charge in [0.1, 0.15) is 17.7 Å². The highest BCUT2D eigenvalue weighted by Gasteiger charge is 2.38. The summed E-state index contributed by atoms with van der Waals surface area (Å²) in [6.07, 6.45) is 7.37. The number of aryl methyl sites for hydroxylation is 1. The van der Waals surface area contributed by atoms with E-state index in [1.54, 1.807) is 29.9 Å². The number of anilines is 2. The van der Waals surface area contributed by atoms with Crippen molar-refractivity contribution in [2.24, 2.45) is 0 Å². The van der Waals surface area contributed by atoms with E-state index >= 15 is 0 Å². The van der Waals surface area contributed by atoms with Crippen LogP contribution in [-0.4, -0.2) is 75.9 Å². The zero-order valence-electron chi connectivity index (χ0n) is 21.7. The van der Waals surface area contributed by atoms with Gasteiger partial charge in [-0.1, -0.05) is 0 Å². The van der Waals surface area contributed by atoms with Gasteiger partial charge in [0, 0.05) is 67.3 Å². The molecule has 196 valence electrons. The predicted molar refractivity (Wildman–Crippen MR) is 144 cm³/mol. The number of carbonyl (C=O) groups excluding carboxylic acids is 1. The van der Waals surface area contributed by atoms with Gasteiger partial charge in [0.25, 0.3) is 5.91 Å². The van der Waals surface area contributed by atoms with Gasteiger partial charge in [0.2, 0.25) is 0 Å². The second kappa shape index (κ2) is 10.0. The molecule has 2 bridgehead atoms. The molecule has 4 aromatic heterocycles. The molecule has 38 heavy (non-hydrogen) atoms. The van der Waals surface area contributed by atoms with Crippen LogP contribution >= 0.6 is 0 Å². The van der Waals surface area contributed by atoms with E-state index in [1.165, 1.54) is 0 Å². The fourth-order valence-electron chi connectivity index (χ4n) is 5.33. The number of carbonyl (C=O) groups is 1. The van der Waals surface area contributed by atoms with Crippen LogP contribution in [0.4, 0.5) is 11.6 Å². The molecule has 2 fully saturated rings. The van der Waals surface area contributed by atoms with Crippen molar-refractivity contribution in [3.05, 3.63) is 66.2 Å². The topological polar surface area (TPSA) is 106 Å². The van der Waals surface area contributed by atoms with Crippen LogP contribution in [0.3, 0.4) is 0 Å². The molecule has 2 saturated heterocycles. The molecule has 2 aliphatic heterocycles. The quantitative estimate of drug-likeness (QED) is 0.404. The lowest BCUT2D eigenvalue weighted by atomic mass is 9.92. The molecule has 6 rings (SSSR count). The highest BCUT2D eigenvalue weighted by Crippen LogP contribution is 2.35. The Hall–Kier alpha value is -4.02. The number of rotatable bonds is 6. The van der Waals surface area contributed by atoms with E-state index < -0.39 is 0 Å². The van der Waals surface area contributed by atoms with Gasteiger partial charge in [-0.25, -0.2) is 9.50 Å². The van der Waals surface area contributed by atoms with Crippen molar-refractivity contribution in [3.8, 4) is 16.9 Å². The molecule has 2 aliphatic rings. The molecular weight excluding hydrogens is 482 g/mol. The van der Waals surface area contributed by atoms with Crippen LogP contribution in [0.2, 0.25) is 0 Å². The standard InChI is InChI=1S/C28H31N7O3/c1-17-8-24(25(14-31-17)38-23-11-21-15-37-16-22(12-23)34(21)3)18-5-7-35-20(9-18)13-27(33-35)32-26-10-19(4-6-30-26)28(36)29-2/h4-10,13-14,21-23H,11-12,15-16H2,1-3H3,(H,29,36)(H,30,32,33)/t21-,22+,23?. The Morgan fingerprint density at radius 3 is 2.68 bits per heavy atom. The molecule has 3 atom stereocenters. The number of ether oxygens (including phenoxy) is 2. The second-order valence-electron chi connectivity index (χ2n) is 9.99. The maximum absolute atomic E-state index is 12.0. The van der Waals surface area contributed by atoms with Crippen LogP contribution in [0.25, 0.3) is 16.6 Å². The van der Waals surface area contributed by atoms with Gasteiger partial charge in [-0.2, -0.15) is 5.10 Å². The first-order chi connectivity index (χ1) is 18.5. The van der Waals surface area contributed by atoms with Crippen molar-refractivity contribution >= 4 is 23.1 Å². The average molecular weight is 514 g/mol. The first kappa shape index (κ1) is 24.3. The van der Waals surface area contributed by atoms with Crippen LogP contribution in [0.5, 0.6) is 5.75 Å². The van der Waals surface area contributed by atoms with Crippen molar-refractivity contribution in [1.82, 2.24) is 29.8 Å². The Bertz CT molecular complexity index is 1470. The Balaban J connectivity index is 1.25. The molecule has 4 aromatic rings. The largest absolute Gasteiger partial charge is 0.488 e. The number of nitrogens with zero attached hydrogens (tertiary/aromatic N) is 5. The second-order valence-corrected chi connectivity index (χ2v) is 9.99. The Kier molecular flexibility index (Phi) is 6.42. The lowest BCUT2D eigenvalue weighted by Gasteiger charge is -2.46. The molecule has 1 unspecified atom stereocenters. The number of amides is 1. The Labute approximate surface area is 221 Å². The van der Waals surface area contributed by atoms with E-state index in [1.807, 2.05) is 31.5 Å². The van der Waals surface area contributed by atoms with Crippen molar-refractivity contribution in [2.45, 2.75) is 38.0 Å². The van der Waals surface area contributed by atoms with E-state index in [-0.39, 0.29) is 12.0 Å². The van der Waals surface area contributed by atoms with Crippen LogP contribution < -0.4 is 15.4 Å². The number of pyridine rings is 3. The average Bonchev–Trinajstić information content (AvgIpc) is 3.31. The predicted octanol–water partition coefficient (Wildman–Crippen LogP) is 3.44. The monoisotopic (exact) mass is 513 g/mol. The van der Waals surface area contributed by atoms with Gasteiger partial charge in [0.15, 0.2) is 5.82 Å². The van der Waals surface area contributed by atoms with Crippen molar-refractivity contribution in [1.29, 1.82) is 0 Å². The fourth-order valence-corrected chi connectivity index (χ4v) is 5.33. The molecule has 10 nitrogen and oxygen atoms in total. The highest BCUT2D eigenvalue weighted by atomic mass is 16.5. The van der Waals surface area contributed by atoms with E-state index in [0.29, 0.717) is 29.3 Å². The summed E-state index contributed by atoms with van der Waals surface area (Å²) in [5, 5.41) is 10.4. The third-order valence-corrected chi connectivity index (χ3v) is 7.42. The van der Waals surface area contributed by atoms with Gasteiger partial charge >= 0.3 is 0 Å². The maximum Gasteiger partial charge on any atom is 0.251 e. The third kappa shape index (κ3) is 4.80. The number of morpholine rings is 1. The van der Waals surface area contributed by atoms with E-state index in [0.717, 1.165) is 54.1 Å². The lowest BCUT2D eigenvalue weighted by Crippen LogP contribution is -2.57. The maximum atomic E-state index is 12.0. The summed E-state index contributed by atoms with van der Waals surface area (Å²) >= 11 is 0. The van der Waals surface area contributed by atoms with E-state index in [9.17, 15) is 4.79 Å². The Morgan fingerprint density at radius 1 is 1.08 bits per heavy atom. The van der Waals surface area contributed by atoms with E-state index in [2.05, 4.69) is 49.8 Å². The van der Waals surface area contributed by atoms with Gasteiger partial charge in [0.05, 0.1) is 24.9 Å². The number of likely N-dealkylation sites (N-methyl/N-ethyl adjacent to an activating group) is 1. The van der Waals surface area contributed by atoms with Crippen LogP contribution in [-0.2, 0) is 4.74 Å². The molecule has 10 heteroatoms. The molecule has 0 spiro atoms. The minimum absolute atomic E-state index is 0.126. The summed E-state index contributed by atoms with van der Waals surface area (Å²) in [4.78, 5) is 23.2. The normalized spacial score (nSPS) is 21.3. The fraction of sp³-hybridized carbons (Fsp3) is 0.357. The van der Waals surface area contributed by atoms with Gasteiger partial charge < -0.3 is 20.1 Å². The summed E-state index contributed by atoms with van der Waals surface area (Å²) in [6.45, 7) is 3.50. The first-order valence-corrected chi connectivity index (χ1v) is 12.8. The van der Waals surface area contributed by atoms with Gasteiger partial charge in [-0.05, 0) is 49.9 Å². The number of piperidine rings is 1. The molecule has 0 radical (unpaired) electrons. The van der Waals surface area contributed by atoms with Gasteiger partial charge in [-0.3, -0.25) is 14.7 Å². The van der Waals surface area contributed by atoms with Crippen LogP contribution in [0.15, 0.2) is 55.0 Å². The number of hydrogen-bond donors (Lipinski definition) is 2. The van der Waals surface area contributed by atoms with Crippen molar-refractivity contribution < 1.29 is 14.3 Å². The molecular formula is C28H31N7O3. The zero-order valence-corrected chi connectivity index (χ0v) is 21.7. The number of fused-ring (bicyclic) bond motifs is 3. The summed E-state index contributed by atoms with van der Waals surface area (Å²) in [6, 6.07) is 12.3. The SMILES string of the molecule is CNC(=O)c1ccnc(Nc2cc3cc(-c4cc(C)ncc4OC4C[C@H]5COC[C@@H](C4)N5C)ccn3n2)c1. The number of hydrogen-bond acceptors (Lipinski definition) is 8. The minimum Gasteiger partial charge on any atom is -0.488 e. The summed E-state index contributed by atoms with van der Waals surface area (Å²) < 4.78 is 14.2. The number of nitrogens with one attached hydrogen (secondary N) is 2. The summed E-state index contributed by atoms with van der Waals surface area (Å²) in [5.74, 6) is 1.80. The third-order valence-electron chi connectivity index (χ3n) is 7.42. The lowest BCUT2D eigenvalue weighted by molar-refractivity contribution is -0.0879. The minimum atomic E-state index is -0.169. The molecule has 2 N–H and O–H groups in total. The smallest absolute Gasteiger partial charge is 0.251 e.